The molecule has 10 rings (SSSR count). The molecule has 18 nitrogen and oxygen atoms in total. The Balaban J connectivity index is 0.000000166. The van der Waals surface area contributed by atoms with Crippen LogP contribution in [0.2, 0.25) is 5.28 Å². The molecule has 2 saturated carbocycles. The lowest BCUT2D eigenvalue weighted by Gasteiger charge is -2.33. The van der Waals surface area contributed by atoms with Crippen LogP contribution in [-0.4, -0.2) is 119 Å². The highest BCUT2D eigenvalue weighted by molar-refractivity contribution is 6.28. The SMILES string of the molecule is C1COC2(CC2)CN1.CCCOCC.CCCOCC.NC(=O)c1cccc(-c2ccc3c(N)nc(Cl)nc3n2)c1.NC(=O)c1cccc(-c2ccc3c(N)nc(N4CCOC5(CC5)C4)nc3n2)c1. The van der Waals surface area contributed by atoms with E-state index in [1.807, 2.05) is 38.1 Å². The van der Waals surface area contributed by atoms with Gasteiger partial charge in [-0.2, -0.15) is 15.0 Å². The fraction of sp³-hybridized carbons (Fsp3) is 0.440. The third-order valence-electron chi connectivity index (χ3n) is 11.4. The minimum absolute atomic E-state index is 0.0319. The van der Waals surface area contributed by atoms with E-state index in [0.717, 1.165) is 96.0 Å². The minimum Gasteiger partial charge on any atom is -0.383 e. The Hall–Kier alpha value is -6.15. The topological polar surface area (TPSA) is 268 Å². The number of benzene rings is 2. The summed E-state index contributed by atoms with van der Waals surface area (Å²) in [7, 11) is 0. The van der Waals surface area contributed by atoms with Gasteiger partial charge in [-0.3, -0.25) is 9.59 Å². The van der Waals surface area contributed by atoms with Crippen molar-refractivity contribution < 1.29 is 28.5 Å². The summed E-state index contributed by atoms with van der Waals surface area (Å²) in [5.74, 6) is 0.288. The first kappa shape index (κ1) is 52.2. The molecule has 2 amide bonds. The number of morpholine rings is 2. The molecule has 19 heteroatoms. The van der Waals surface area contributed by atoms with Gasteiger partial charge < -0.3 is 52.1 Å². The zero-order chi connectivity index (χ0) is 49.4. The van der Waals surface area contributed by atoms with Gasteiger partial charge in [0.2, 0.25) is 23.0 Å². The lowest BCUT2D eigenvalue weighted by Crippen LogP contribution is -2.44. The fourth-order valence-electron chi connectivity index (χ4n) is 7.36. The molecule has 0 atom stereocenters. The van der Waals surface area contributed by atoms with Crippen molar-refractivity contribution in [3.05, 3.63) is 89.2 Å². The standard InChI is InChI=1S/C20H20N6O2.C14H10ClN5O.C6H11NO.2C5H12O/c21-16-14-4-5-15(12-2-1-3-13(10-12)17(22)27)23-18(14)25-19(24-16)26-8-9-28-20(11-26)6-7-20;15-14-19-11(16)9-4-5-10(18-13(9)20-14)7-2-1-3-8(6-7)12(17)21;1-2-6(1)5-7-3-4-8-6;2*1-3-5-6-4-2/h1-5,10H,6-9,11H2,(H2,22,27)(H2,21,23,24,25);1-6H,(H2,17,21)(H2,16,18,19,20);7H,1-5H2;2*3-5H2,1-2H3. The first-order valence-electron chi connectivity index (χ1n) is 23.6. The number of rotatable bonds is 11. The molecule has 69 heavy (non-hydrogen) atoms. The summed E-state index contributed by atoms with van der Waals surface area (Å²) in [5, 5.41) is 4.67. The van der Waals surface area contributed by atoms with Crippen molar-refractivity contribution in [2.24, 2.45) is 11.5 Å². The Bertz CT molecular complexity index is 2640. The fourth-order valence-corrected chi connectivity index (χ4v) is 7.53. The molecule has 9 N–H and O–H groups in total. The second-order valence-corrected chi connectivity index (χ2v) is 17.2. The van der Waals surface area contributed by atoms with Gasteiger partial charge in [0.05, 0.1) is 46.6 Å². The monoisotopic (exact) mass is 964 g/mol. The van der Waals surface area contributed by atoms with Crippen LogP contribution >= 0.6 is 11.6 Å². The molecule has 0 unspecified atom stereocenters. The maximum absolute atomic E-state index is 11.5. The van der Waals surface area contributed by atoms with Crippen LogP contribution in [0.15, 0.2) is 72.8 Å². The van der Waals surface area contributed by atoms with Crippen molar-refractivity contribution in [1.82, 2.24) is 35.2 Å². The van der Waals surface area contributed by atoms with Crippen LogP contribution in [0.4, 0.5) is 17.6 Å². The van der Waals surface area contributed by atoms with E-state index < -0.39 is 11.8 Å². The Labute approximate surface area is 408 Å². The molecule has 368 valence electrons. The van der Waals surface area contributed by atoms with Crippen LogP contribution in [-0.2, 0) is 18.9 Å². The van der Waals surface area contributed by atoms with Gasteiger partial charge in [-0.1, -0.05) is 38.1 Å². The molecule has 0 bridgehead atoms. The first-order chi connectivity index (χ1) is 33.3. The smallest absolute Gasteiger partial charge is 0.248 e. The van der Waals surface area contributed by atoms with E-state index in [9.17, 15) is 9.59 Å². The lowest BCUT2D eigenvalue weighted by molar-refractivity contribution is 0.00883. The maximum Gasteiger partial charge on any atom is 0.248 e. The van der Waals surface area contributed by atoms with Gasteiger partial charge in [0.15, 0.2) is 11.3 Å². The van der Waals surface area contributed by atoms with Crippen molar-refractivity contribution in [2.45, 2.75) is 77.4 Å². The molecule has 6 aromatic rings. The molecule has 6 heterocycles. The van der Waals surface area contributed by atoms with Crippen LogP contribution in [0.5, 0.6) is 0 Å². The number of hydrogen-bond acceptors (Lipinski definition) is 16. The number of ether oxygens (including phenoxy) is 4. The van der Waals surface area contributed by atoms with Gasteiger partial charge in [-0.25, -0.2) is 15.0 Å². The Kier molecular flexibility index (Phi) is 18.9. The van der Waals surface area contributed by atoms with E-state index in [2.05, 4.69) is 54.0 Å². The normalized spacial score (nSPS) is 15.9. The first-order valence-corrected chi connectivity index (χ1v) is 23.9. The van der Waals surface area contributed by atoms with Crippen molar-refractivity contribution in [2.75, 3.05) is 82.2 Å². The second-order valence-electron chi connectivity index (χ2n) is 16.9. The molecule has 4 aromatic heterocycles. The number of halogens is 1. The Morgan fingerprint density at radius 1 is 0.681 bits per heavy atom. The molecule has 4 fully saturated rings. The average molecular weight is 966 g/mol. The van der Waals surface area contributed by atoms with Crippen LogP contribution in [0, 0.1) is 0 Å². The molecule has 2 aromatic carbocycles. The molecule has 4 aliphatic rings. The third kappa shape index (κ3) is 14.9. The number of anilines is 3. The van der Waals surface area contributed by atoms with Crippen LogP contribution < -0.4 is 33.2 Å². The van der Waals surface area contributed by atoms with E-state index >= 15 is 0 Å². The summed E-state index contributed by atoms with van der Waals surface area (Å²) in [4.78, 5) is 51.0. The second kappa shape index (κ2) is 24.9. The molecule has 2 aliphatic carbocycles. The number of carbonyl (C=O) groups is 2. The Morgan fingerprint density at radius 3 is 1.65 bits per heavy atom. The van der Waals surface area contributed by atoms with Crippen molar-refractivity contribution in [1.29, 1.82) is 0 Å². The Morgan fingerprint density at radius 2 is 1.20 bits per heavy atom. The number of hydrogen-bond donors (Lipinski definition) is 5. The number of nitrogens with two attached hydrogens (primary N) is 4. The third-order valence-corrected chi connectivity index (χ3v) is 11.6. The highest BCUT2D eigenvalue weighted by Gasteiger charge is 2.48. The van der Waals surface area contributed by atoms with Gasteiger partial charge in [-0.15, -0.1) is 0 Å². The maximum atomic E-state index is 11.5. The largest absolute Gasteiger partial charge is 0.383 e. The van der Waals surface area contributed by atoms with Crippen molar-refractivity contribution in [3.63, 3.8) is 0 Å². The lowest BCUT2D eigenvalue weighted by atomic mass is 10.1. The highest BCUT2D eigenvalue weighted by atomic mass is 35.5. The van der Waals surface area contributed by atoms with Crippen molar-refractivity contribution >= 4 is 63.1 Å². The van der Waals surface area contributed by atoms with Crippen LogP contribution in [0.25, 0.3) is 44.6 Å². The van der Waals surface area contributed by atoms with Crippen LogP contribution in [0.3, 0.4) is 0 Å². The number of aromatic nitrogens is 6. The summed E-state index contributed by atoms with van der Waals surface area (Å²) < 4.78 is 21.4. The van der Waals surface area contributed by atoms with E-state index in [1.165, 1.54) is 12.8 Å². The van der Waals surface area contributed by atoms with Gasteiger partial charge in [0.25, 0.3) is 0 Å². The summed E-state index contributed by atoms with van der Waals surface area (Å²) in [6.45, 7) is 17.0. The van der Waals surface area contributed by atoms with Gasteiger partial charge in [-0.05, 0) is 113 Å². The number of carbonyl (C=O) groups excluding carboxylic acids is 2. The predicted molar refractivity (Wildman–Crippen MR) is 271 cm³/mol. The quantitative estimate of drug-likeness (QED) is 0.0662. The number of pyridine rings is 2. The number of fused-ring (bicyclic) bond motifs is 2. The average Bonchev–Trinajstić information content (AvgIpc) is 4.31. The summed E-state index contributed by atoms with van der Waals surface area (Å²) in [6, 6.07) is 21.2. The van der Waals surface area contributed by atoms with Crippen LogP contribution in [0.1, 0.15) is 86.9 Å². The number of primary amides is 2. The molecular weight excluding hydrogens is 900 g/mol. The van der Waals surface area contributed by atoms with E-state index in [0.29, 0.717) is 68.6 Å². The molecule has 2 saturated heterocycles. The molecule has 2 spiro atoms. The zero-order valence-corrected chi connectivity index (χ0v) is 40.8. The number of nitrogens with zero attached hydrogens (tertiary/aromatic N) is 7. The van der Waals surface area contributed by atoms with E-state index in [4.69, 9.17) is 53.5 Å². The van der Waals surface area contributed by atoms with Gasteiger partial charge in [0.1, 0.15) is 11.6 Å². The van der Waals surface area contributed by atoms with Gasteiger partial charge in [0, 0.05) is 74.9 Å². The predicted octanol–water partition coefficient (Wildman–Crippen LogP) is 6.77. The molecule has 0 radical (unpaired) electrons. The minimum atomic E-state index is -0.493. The molecule has 2 aliphatic heterocycles. The summed E-state index contributed by atoms with van der Waals surface area (Å²) in [5.41, 5.74) is 27.6. The number of amides is 2. The molecular formula is C50H65ClN12O6. The number of nitrogen functional groups attached to an aromatic ring is 2. The van der Waals surface area contributed by atoms with Gasteiger partial charge >= 0.3 is 0 Å². The zero-order valence-electron chi connectivity index (χ0n) is 40.0. The number of nitrogens with one attached hydrogen (secondary N) is 1. The highest BCUT2D eigenvalue weighted by Crippen LogP contribution is 2.43. The summed E-state index contributed by atoms with van der Waals surface area (Å²) in [6.07, 6.45) is 6.97. The summed E-state index contributed by atoms with van der Waals surface area (Å²) >= 11 is 5.79. The van der Waals surface area contributed by atoms with Crippen molar-refractivity contribution in [3.8, 4) is 22.5 Å². The van der Waals surface area contributed by atoms with E-state index in [1.54, 1.807) is 48.5 Å². The van der Waals surface area contributed by atoms with E-state index in [-0.39, 0.29) is 16.7 Å².